The first kappa shape index (κ1) is 21.5. The van der Waals surface area contributed by atoms with Crippen LogP contribution in [0.25, 0.3) is 0 Å². The normalized spacial score (nSPS) is 47.6. The molecule has 0 aromatic heterocycles. The van der Waals surface area contributed by atoms with E-state index < -0.39 is 12.4 Å². The summed E-state index contributed by atoms with van der Waals surface area (Å²) in [6.07, 6.45) is 1.52. The zero-order valence-corrected chi connectivity index (χ0v) is 17.3. The molecule has 2 aliphatic carbocycles. The van der Waals surface area contributed by atoms with E-state index in [0.29, 0.717) is 12.3 Å². The zero-order valence-electron chi connectivity index (χ0n) is 16.4. The lowest BCUT2D eigenvalue weighted by molar-refractivity contribution is -0.212. The maximum atomic E-state index is 10.9. The molecule has 148 valence electrons. The molecule has 0 saturated heterocycles. The highest BCUT2D eigenvalue weighted by molar-refractivity contribution is 7.80. The van der Waals surface area contributed by atoms with Crippen molar-refractivity contribution < 1.29 is 20.1 Å². The van der Waals surface area contributed by atoms with Crippen LogP contribution in [0.5, 0.6) is 0 Å². The highest BCUT2D eigenvalue weighted by Gasteiger charge is 2.57. The van der Waals surface area contributed by atoms with Crippen molar-refractivity contribution in [3.8, 4) is 0 Å². The lowest BCUT2D eigenvalue weighted by atomic mass is 9.55. The number of aliphatic hydroxyl groups is 3. The van der Waals surface area contributed by atoms with Crippen LogP contribution in [0.2, 0.25) is 0 Å². The Balaban J connectivity index is 2.50. The van der Waals surface area contributed by atoms with Crippen molar-refractivity contribution in [2.24, 2.45) is 35.0 Å². The highest BCUT2D eigenvalue weighted by Crippen LogP contribution is 2.57. The van der Waals surface area contributed by atoms with Gasteiger partial charge in [-0.2, -0.15) is 12.6 Å². The Kier molecular flexibility index (Phi) is 7.28. The Morgan fingerprint density at radius 3 is 2.44 bits per heavy atom. The minimum Gasteiger partial charge on any atom is -0.393 e. The number of ether oxygens (including phenoxy) is 1. The quantitative estimate of drug-likeness (QED) is 0.441. The van der Waals surface area contributed by atoms with Gasteiger partial charge in [0.2, 0.25) is 0 Å². The molecular weight excluding hydrogens is 336 g/mol. The maximum Gasteiger partial charge on any atom is 0.163 e. The van der Waals surface area contributed by atoms with Crippen LogP contribution in [0.15, 0.2) is 0 Å². The first-order chi connectivity index (χ1) is 11.7. The summed E-state index contributed by atoms with van der Waals surface area (Å²) in [7, 11) is 0. The molecule has 5 heteroatoms. The molecule has 6 unspecified atom stereocenters. The van der Waals surface area contributed by atoms with Gasteiger partial charge in [-0.05, 0) is 48.9 Å². The molecular formula is C20H38O4S. The number of hydrogen-bond acceptors (Lipinski definition) is 5. The molecule has 0 aliphatic heterocycles. The summed E-state index contributed by atoms with van der Waals surface area (Å²) in [6, 6.07) is 0. The fourth-order valence-corrected chi connectivity index (χ4v) is 5.80. The van der Waals surface area contributed by atoms with Crippen LogP contribution in [0.4, 0.5) is 0 Å². The van der Waals surface area contributed by atoms with Gasteiger partial charge in [-0.3, -0.25) is 0 Å². The molecule has 0 aromatic carbocycles. The molecule has 0 spiro atoms. The largest absolute Gasteiger partial charge is 0.393 e. The standard InChI is InChI=1S/C20H38O4S/c1-6-12(3)20(5)16(24-17(22)10-25)9-11(2)19(23)13(4)14-7-8-15(21)18(14)20/h11-19,21-23,25H,6-10H2,1-5H3/t11-,12?,13+,14?,15?,16?,17?,18?,19+,20-/m0/s1. The molecule has 0 aromatic rings. The first-order valence-corrected chi connectivity index (χ1v) is 10.6. The monoisotopic (exact) mass is 374 g/mol. The second kappa shape index (κ2) is 8.47. The van der Waals surface area contributed by atoms with Crippen LogP contribution in [0.1, 0.15) is 60.3 Å². The average molecular weight is 375 g/mol. The van der Waals surface area contributed by atoms with Gasteiger partial charge in [0.25, 0.3) is 0 Å². The summed E-state index contributed by atoms with van der Waals surface area (Å²) in [4.78, 5) is 0. The van der Waals surface area contributed by atoms with Crippen LogP contribution >= 0.6 is 12.6 Å². The van der Waals surface area contributed by atoms with Gasteiger partial charge in [-0.15, -0.1) is 0 Å². The summed E-state index contributed by atoms with van der Waals surface area (Å²) in [5, 5.41) is 31.9. The molecule has 0 heterocycles. The van der Waals surface area contributed by atoms with Crippen molar-refractivity contribution in [2.75, 3.05) is 5.75 Å². The van der Waals surface area contributed by atoms with Crippen molar-refractivity contribution in [1.29, 1.82) is 0 Å². The summed E-state index contributed by atoms with van der Waals surface area (Å²) in [6.45, 7) is 10.9. The SMILES string of the molecule is CCC(C)[C@@]1(C)C(OC(O)CS)C[C@H](C)[C@@H](O)[C@H](C)C2CCC(O)C21. The smallest absolute Gasteiger partial charge is 0.163 e. The van der Waals surface area contributed by atoms with Crippen molar-refractivity contribution in [3.63, 3.8) is 0 Å². The van der Waals surface area contributed by atoms with E-state index in [1.807, 2.05) is 0 Å². The fourth-order valence-electron chi connectivity index (χ4n) is 5.71. The molecule has 2 fully saturated rings. The van der Waals surface area contributed by atoms with E-state index in [9.17, 15) is 15.3 Å². The van der Waals surface area contributed by atoms with Gasteiger partial charge in [-0.1, -0.05) is 41.0 Å². The summed E-state index contributed by atoms with van der Waals surface area (Å²) in [5.41, 5.74) is -0.248. The molecule has 0 radical (unpaired) electrons. The highest BCUT2D eigenvalue weighted by atomic mass is 32.1. The Hall–Kier alpha value is 0.190. The summed E-state index contributed by atoms with van der Waals surface area (Å²) in [5.74, 6) is 1.21. The fraction of sp³-hybridized carbons (Fsp3) is 1.00. The predicted octanol–water partition coefficient (Wildman–Crippen LogP) is 3.10. The van der Waals surface area contributed by atoms with E-state index in [4.69, 9.17) is 4.74 Å². The second-order valence-electron chi connectivity index (χ2n) is 8.83. The van der Waals surface area contributed by atoms with E-state index >= 15 is 0 Å². The minimum absolute atomic E-state index is 0.0803. The van der Waals surface area contributed by atoms with Crippen LogP contribution < -0.4 is 0 Å². The minimum atomic E-state index is -0.921. The van der Waals surface area contributed by atoms with Gasteiger partial charge in [0.1, 0.15) is 0 Å². The van der Waals surface area contributed by atoms with Gasteiger partial charge >= 0.3 is 0 Å². The van der Waals surface area contributed by atoms with Crippen molar-refractivity contribution in [1.82, 2.24) is 0 Å². The van der Waals surface area contributed by atoms with E-state index in [0.717, 1.165) is 19.3 Å². The van der Waals surface area contributed by atoms with Crippen molar-refractivity contribution in [3.05, 3.63) is 0 Å². The summed E-state index contributed by atoms with van der Waals surface area (Å²) >= 11 is 4.17. The average Bonchev–Trinajstić information content (AvgIpc) is 2.99. The molecule has 4 nitrogen and oxygen atoms in total. The van der Waals surface area contributed by atoms with Crippen molar-refractivity contribution in [2.45, 2.75) is 84.9 Å². The predicted molar refractivity (Wildman–Crippen MR) is 103 cm³/mol. The zero-order chi connectivity index (χ0) is 18.9. The van der Waals surface area contributed by atoms with Crippen molar-refractivity contribution >= 4 is 12.6 Å². The van der Waals surface area contributed by atoms with Gasteiger partial charge in [0.15, 0.2) is 6.29 Å². The topological polar surface area (TPSA) is 69.9 Å². The Labute approximate surface area is 158 Å². The van der Waals surface area contributed by atoms with E-state index in [2.05, 4.69) is 47.2 Å². The van der Waals surface area contributed by atoms with E-state index in [1.165, 1.54) is 0 Å². The van der Waals surface area contributed by atoms with Gasteiger partial charge in [0, 0.05) is 11.2 Å². The molecule has 2 rings (SSSR count). The number of hydrogen-bond donors (Lipinski definition) is 4. The lowest BCUT2D eigenvalue weighted by Gasteiger charge is -2.53. The van der Waals surface area contributed by atoms with Crippen LogP contribution in [-0.2, 0) is 4.74 Å². The second-order valence-corrected chi connectivity index (χ2v) is 9.20. The first-order valence-electron chi connectivity index (χ1n) is 9.98. The maximum absolute atomic E-state index is 10.9. The third-order valence-corrected chi connectivity index (χ3v) is 7.93. The Morgan fingerprint density at radius 2 is 1.88 bits per heavy atom. The number of thiol groups is 1. The van der Waals surface area contributed by atoms with Gasteiger partial charge in [0.05, 0.1) is 18.3 Å². The number of rotatable bonds is 5. The third kappa shape index (κ3) is 3.91. The van der Waals surface area contributed by atoms with Crippen LogP contribution in [0.3, 0.4) is 0 Å². The summed E-state index contributed by atoms with van der Waals surface area (Å²) < 4.78 is 6.08. The molecule has 2 saturated carbocycles. The molecule has 10 atom stereocenters. The van der Waals surface area contributed by atoms with Crippen LogP contribution in [0, 0.1) is 35.0 Å². The Morgan fingerprint density at radius 1 is 1.24 bits per heavy atom. The molecule has 3 N–H and O–H groups in total. The Bertz CT molecular complexity index is 434. The number of fused-ring (bicyclic) bond motifs is 1. The van der Waals surface area contributed by atoms with E-state index in [-0.39, 0.29) is 47.0 Å². The molecule has 25 heavy (non-hydrogen) atoms. The van der Waals surface area contributed by atoms with Crippen LogP contribution in [-0.4, -0.2) is 45.7 Å². The molecule has 0 amide bonds. The third-order valence-electron chi connectivity index (χ3n) is 7.62. The number of aliphatic hydroxyl groups excluding tert-OH is 3. The van der Waals surface area contributed by atoms with Gasteiger partial charge in [-0.25, -0.2) is 0 Å². The molecule has 0 bridgehead atoms. The van der Waals surface area contributed by atoms with E-state index in [1.54, 1.807) is 0 Å². The van der Waals surface area contributed by atoms with Gasteiger partial charge < -0.3 is 20.1 Å². The molecule has 2 aliphatic rings. The lowest BCUT2D eigenvalue weighted by Crippen LogP contribution is -2.55.